The number of pyridine rings is 1. The molecule has 7 heteroatoms. The zero-order chi connectivity index (χ0) is 13.3. The zero-order valence-electron chi connectivity index (χ0n) is 9.71. The van der Waals surface area contributed by atoms with Crippen molar-refractivity contribution >= 4 is 33.7 Å². The summed E-state index contributed by atoms with van der Waals surface area (Å²) in [6.07, 6.45) is -1.07. The number of aromatic nitrogens is 1. The fraction of sp³-hybridized carbons (Fsp3) is 0.364. The third-order valence-electron chi connectivity index (χ3n) is 2.81. The average Bonchev–Trinajstić information content (AvgIpc) is 2.31. The van der Waals surface area contributed by atoms with Crippen LogP contribution in [0.4, 0.5) is 10.6 Å². The fourth-order valence-corrected chi connectivity index (χ4v) is 2.21. The summed E-state index contributed by atoms with van der Waals surface area (Å²) in [6.45, 7) is 1.95. The Morgan fingerprint density at radius 2 is 2.28 bits per heavy atom. The molecule has 18 heavy (non-hydrogen) atoms. The summed E-state index contributed by atoms with van der Waals surface area (Å²) in [5.41, 5.74) is 0. The van der Waals surface area contributed by atoms with E-state index in [1.165, 1.54) is 4.90 Å². The number of piperazine rings is 1. The van der Waals surface area contributed by atoms with Gasteiger partial charge in [0.2, 0.25) is 5.91 Å². The number of anilines is 1. The quantitative estimate of drug-likeness (QED) is 0.798. The van der Waals surface area contributed by atoms with Crippen LogP contribution >= 0.6 is 15.9 Å². The first-order valence-corrected chi connectivity index (χ1v) is 6.21. The lowest BCUT2D eigenvalue weighted by molar-refractivity contribution is -0.121. The topological polar surface area (TPSA) is 73.7 Å². The van der Waals surface area contributed by atoms with Crippen molar-refractivity contribution in [3.05, 3.63) is 22.8 Å². The standard InChI is InChI=1S/C11H12BrN3O3/c1-7-5-15(9-4-2-3-8(12)13-9)10(16)6-14(7)11(17)18/h2-4,7H,5-6H2,1H3,(H,17,18)/t7-/m0/s1. The van der Waals surface area contributed by atoms with Crippen molar-refractivity contribution in [2.75, 3.05) is 18.0 Å². The van der Waals surface area contributed by atoms with Gasteiger partial charge in [0, 0.05) is 6.54 Å². The Kier molecular flexibility index (Phi) is 3.51. The molecular formula is C11H12BrN3O3. The minimum absolute atomic E-state index is 0.134. The first kappa shape index (κ1) is 12.8. The third-order valence-corrected chi connectivity index (χ3v) is 3.25. The van der Waals surface area contributed by atoms with Gasteiger partial charge in [-0.25, -0.2) is 9.78 Å². The Bertz CT molecular complexity index is 494. The summed E-state index contributed by atoms with van der Waals surface area (Å²) in [6, 6.07) is 5.03. The molecule has 1 atom stereocenters. The molecular weight excluding hydrogens is 302 g/mol. The molecule has 2 rings (SSSR count). The average molecular weight is 314 g/mol. The van der Waals surface area contributed by atoms with Crippen molar-refractivity contribution in [1.82, 2.24) is 9.88 Å². The van der Waals surface area contributed by atoms with Crippen molar-refractivity contribution in [2.24, 2.45) is 0 Å². The van der Waals surface area contributed by atoms with E-state index in [-0.39, 0.29) is 18.5 Å². The lowest BCUT2D eigenvalue weighted by Crippen LogP contribution is -2.57. The fourth-order valence-electron chi connectivity index (χ4n) is 1.88. The predicted molar refractivity (Wildman–Crippen MR) is 68.5 cm³/mol. The summed E-state index contributed by atoms with van der Waals surface area (Å²) >= 11 is 3.25. The summed E-state index contributed by atoms with van der Waals surface area (Å²) in [7, 11) is 0. The molecule has 0 saturated carbocycles. The van der Waals surface area contributed by atoms with E-state index in [0.717, 1.165) is 4.90 Å². The molecule has 1 saturated heterocycles. The van der Waals surface area contributed by atoms with Gasteiger partial charge in [-0.05, 0) is 35.0 Å². The molecule has 1 fully saturated rings. The molecule has 1 aliphatic rings. The highest BCUT2D eigenvalue weighted by molar-refractivity contribution is 9.10. The van der Waals surface area contributed by atoms with Crippen LogP contribution in [0.5, 0.6) is 0 Å². The monoisotopic (exact) mass is 313 g/mol. The Balaban J connectivity index is 2.22. The second-order valence-corrected chi connectivity index (χ2v) is 4.89. The number of hydrogen-bond acceptors (Lipinski definition) is 3. The van der Waals surface area contributed by atoms with E-state index >= 15 is 0 Å². The molecule has 0 unspecified atom stereocenters. The third kappa shape index (κ3) is 2.45. The maximum absolute atomic E-state index is 11.9. The lowest BCUT2D eigenvalue weighted by atomic mass is 10.2. The first-order chi connectivity index (χ1) is 8.49. The van der Waals surface area contributed by atoms with Crippen molar-refractivity contribution in [1.29, 1.82) is 0 Å². The number of nitrogens with zero attached hydrogens (tertiary/aromatic N) is 3. The molecule has 2 heterocycles. The van der Waals surface area contributed by atoms with Gasteiger partial charge >= 0.3 is 6.09 Å². The van der Waals surface area contributed by atoms with Gasteiger partial charge in [0.25, 0.3) is 0 Å². The Morgan fingerprint density at radius 3 is 2.89 bits per heavy atom. The number of carboxylic acid groups (broad SMARTS) is 1. The smallest absolute Gasteiger partial charge is 0.408 e. The van der Waals surface area contributed by atoms with Crippen LogP contribution in [0.2, 0.25) is 0 Å². The Labute approximate surface area is 112 Å². The number of amides is 2. The van der Waals surface area contributed by atoms with E-state index in [1.54, 1.807) is 25.1 Å². The van der Waals surface area contributed by atoms with E-state index < -0.39 is 6.09 Å². The van der Waals surface area contributed by atoms with Gasteiger partial charge in [-0.3, -0.25) is 14.6 Å². The number of carbonyl (C=O) groups excluding carboxylic acids is 1. The lowest BCUT2D eigenvalue weighted by Gasteiger charge is -2.37. The van der Waals surface area contributed by atoms with Crippen LogP contribution in [-0.4, -0.2) is 46.1 Å². The van der Waals surface area contributed by atoms with Crippen LogP contribution < -0.4 is 4.90 Å². The van der Waals surface area contributed by atoms with Gasteiger partial charge in [0.05, 0.1) is 6.04 Å². The maximum atomic E-state index is 11.9. The highest BCUT2D eigenvalue weighted by Crippen LogP contribution is 2.20. The minimum Gasteiger partial charge on any atom is -0.465 e. The van der Waals surface area contributed by atoms with Crippen molar-refractivity contribution in [3.8, 4) is 0 Å². The molecule has 0 aliphatic carbocycles. The SMILES string of the molecule is C[C@H]1CN(c2cccc(Br)n2)C(=O)CN1C(=O)O. The number of rotatable bonds is 1. The van der Waals surface area contributed by atoms with Gasteiger partial charge in [-0.15, -0.1) is 0 Å². The van der Waals surface area contributed by atoms with Gasteiger partial charge in [0.1, 0.15) is 17.0 Å². The van der Waals surface area contributed by atoms with Crippen LogP contribution in [0.25, 0.3) is 0 Å². The van der Waals surface area contributed by atoms with Crippen molar-refractivity contribution in [3.63, 3.8) is 0 Å². The van der Waals surface area contributed by atoms with Crippen LogP contribution in [-0.2, 0) is 4.79 Å². The largest absolute Gasteiger partial charge is 0.465 e. The van der Waals surface area contributed by atoms with Gasteiger partial charge in [-0.1, -0.05) is 6.07 Å². The van der Waals surface area contributed by atoms with Gasteiger partial charge < -0.3 is 5.11 Å². The molecule has 6 nitrogen and oxygen atoms in total. The van der Waals surface area contributed by atoms with Gasteiger partial charge in [0.15, 0.2) is 0 Å². The molecule has 96 valence electrons. The number of carbonyl (C=O) groups is 2. The highest BCUT2D eigenvalue weighted by Gasteiger charge is 2.33. The Morgan fingerprint density at radius 1 is 1.56 bits per heavy atom. The molecule has 1 aromatic rings. The molecule has 1 aromatic heterocycles. The molecule has 1 aliphatic heterocycles. The van der Waals surface area contributed by atoms with Crippen molar-refractivity contribution < 1.29 is 14.7 Å². The van der Waals surface area contributed by atoms with E-state index in [2.05, 4.69) is 20.9 Å². The zero-order valence-corrected chi connectivity index (χ0v) is 11.3. The maximum Gasteiger partial charge on any atom is 0.408 e. The second-order valence-electron chi connectivity index (χ2n) is 4.08. The van der Waals surface area contributed by atoms with Crippen LogP contribution in [0.15, 0.2) is 22.8 Å². The highest BCUT2D eigenvalue weighted by atomic mass is 79.9. The molecule has 1 N–H and O–H groups in total. The van der Waals surface area contributed by atoms with E-state index in [0.29, 0.717) is 17.0 Å². The first-order valence-electron chi connectivity index (χ1n) is 5.41. The molecule has 0 spiro atoms. The number of halogens is 1. The van der Waals surface area contributed by atoms with Gasteiger partial charge in [-0.2, -0.15) is 0 Å². The Hall–Kier alpha value is -1.63. The summed E-state index contributed by atoms with van der Waals surface area (Å²) in [4.78, 5) is 29.7. The van der Waals surface area contributed by atoms with Crippen LogP contribution in [0, 0.1) is 0 Å². The van der Waals surface area contributed by atoms with E-state index in [9.17, 15) is 9.59 Å². The van der Waals surface area contributed by atoms with Crippen LogP contribution in [0.1, 0.15) is 6.92 Å². The molecule has 0 radical (unpaired) electrons. The molecule has 0 aromatic carbocycles. The minimum atomic E-state index is -1.07. The van der Waals surface area contributed by atoms with Crippen molar-refractivity contribution in [2.45, 2.75) is 13.0 Å². The molecule has 0 bridgehead atoms. The summed E-state index contributed by atoms with van der Waals surface area (Å²) in [5.74, 6) is 0.271. The van der Waals surface area contributed by atoms with E-state index in [4.69, 9.17) is 5.11 Å². The predicted octanol–water partition coefficient (Wildman–Crippen LogP) is 1.56. The number of hydrogen-bond donors (Lipinski definition) is 1. The normalized spacial score (nSPS) is 20.1. The summed E-state index contributed by atoms with van der Waals surface area (Å²) < 4.78 is 0.640. The van der Waals surface area contributed by atoms with Crippen LogP contribution in [0.3, 0.4) is 0 Å². The van der Waals surface area contributed by atoms with E-state index in [1.807, 2.05) is 0 Å². The molecule has 2 amide bonds. The second kappa shape index (κ2) is 4.93. The summed E-state index contributed by atoms with van der Waals surface area (Å²) in [5, 5.41) is 8.96.